The predicted octanol–water partition coefficient (Wildman–Crippen LogP) is 6.42. The Labute approximate surface area is 193 Å². The highest BCUT2D eigenvalue weighted by atomic mass is 33.1. The maximum absolute atomic E-state index is 12.2. The molecule has 0 radical (unpaired) electrons. The molecule has 4 aliphatic carbocycles. The molecular formula is C24H41NOS3. The number of fused-ring (bicyclic) bond motifs is 5. The molecular weight excluding hydrogens is 414 g/mol. The van der Waals surface area contributed by atoms with Crippen LogP contribution in [0.1, 0.15) is 84.0 Å². The van der Waals surface area contributed by atoms with Crippen LogP contribution in [0.15, 0.2) is 0 Å². The van der Waals surface area contributed by atoms with E-state index >= 15 is 0 Å². The lowest BCUT2D eigenvalue weighted by Crippen LogP contribution is -2.51. The van der Waals surface area contributed by atoms with E-state index in [9.17, 15) is 4.79 Å². The fourth-order valence-corrected chi connectivity index (χ4v) is 9.47. The van der Waals surface area contributed by atoms with E-state index in [1.54, 1.807) is 0 Å². The molecule has 4 saturated carbocycles. The Morgan fingerprint density at radius 3 is 2.72 bits per heavy atom. The second-order valence-electron chi connectivity index (χ2n) is 10.6. The number of amides is 1. The van der Waals surface area contributed by atoms with Crippen molar-refractivity contribution in [2.75, 3.05) is 12.3 Å². The summed E-state index contributed by atoms with van der Waals surface area (Å²) >= 11 is 9.61. The number of carbonyl (C=O) groups excluding carboxylic acids is 1. The number of hydrogen-bond acceptors (Lipinski definition) is 4. The van der Waals surface area contributed by atoms with Crippen molar-refractivity contribution < 1.29 is 4.79 Å². The molecule has 0 aromatic carbocycles. The van der Waals surface area contributed by atoms with Gasteiger partial charge in [0.2, 0.25) is 5.91 Å². The molecule has 0 saturated heterocycles. The smallest absolute Gasteiger partial charge is 0.220 e. The van der Waals surface area contributed by atoms with E-state index in [0.29, 0.717) is 18.3 Å². The van der Waals surface area contributed by atoms with Gasteiger partial charge in [0.05, 0.1) is 0 Å². The van der Waals surface area contributed by atoms with Gasteiger partial charge >= 0.3 is 0 Å². The number of thiol groups is 2. The number of nitrogens with one attached hydrogen (secondary N) is 1. The minimum absolute atomic E-state index is 0.210. The third-order valence-electron chi connectivity index (χ3n) is 9.44. The highest BCUT2D eigenvalue weighted by Crippen LogP contribution is 2.64. The molecule has 4 aliphatic rings. The molecule has 1 amide bonds. The molecule has 1 N–H and O–H groups in total. The normalized spacial score (nSPS) is 42.4. The zero-order chi connectivity index (χ0) is 20.4. The fourth-order valence-electron chi connectivity index (χ4n) is 8.17. The van der Waals surface area contributed by atoms with Crippen molar-refractivity contribution in [3.63, 3.8) is 0 Å². The number of hydrogen-bond donors (Lipinski definition) is 3. The van der Waals surface area contributed by atoms with Crippen molar-refractivity contribution in [3.05, 3.63) is 0 Å². The van der Waals surface area contributed by atoms with Gasteiger partial charge in [-0.1, -0.05) is 37.0 Å². The lowest BCUT2D eigenvalue weighted by molar-refractivity contribution is -0.121. The highest BCUT2D eigenvalue weighted by Gasteiger charge is 2.58. The Morgan fingerprint density at radius 2 is 1.90 bits per heavy atom. The first-order valence-corrected chi connectivity index (χ1v) is 14.8. The average Bonchev–Trinajstić information content (AvgIpc) is 3.09. The molecule has 0 aromatic rings. The summed E-state index contributed by atoms with van der Waals surface area (Å²) in [6.07, 6.45) is 16.1. The Hall–Kier alpha value is 0.520. The molecule has 4 rings (SSSR count). The summed E-state index contributed by atoms with van der Waals surface area (Å²) in [6, 6.07) is 0. The maximum Gasteiger partial charge on any atom is 0.220 e. The second-order valence-corrected chi connectivity index (χ2v) is 12.9. The Morgan fingerprint density at radius 1 is 1.07 bits per heavy atom. The van der Waals surface area contributed by atoms with Crippen LogP contribution in [0.5, 0.6) is 0 Å². The van der Waals surface area contributed by atoms with Gasteiger partial charge in [0.15, 0.2) is 0 Å². The van der Waals surface area contributed by atoms with E-state index in [1.165, 1.54) is 75.0 Å². The Kier molecular flexibility index (Phi) is 7.81. The molecule has 5 heteroatoms. The highest BCUT2D eigenvalue weighted by molar-refractivity contribution is 8.68. The minimum Gasteiger partial charge on any atom is -0.355 e. The monoisotopic (exact) mass is 455 g/mol. The predicted molar refractivity (Wildman–Crippen MR) is 132 cm³/mol. The minimum atomic E-state index is 0.210. The average molecular weight is 456 g/mol. The summed E-state index contributed by atoms with van der Waals surface area (Å²) in [5.74, 6) is 7.25. The number of rotatable bonds is 7. The van der Waals surface area contributed by atoms with Crippen LogP contribution in [0.4, 0.5) is 0 Å². The lowest BCUT2D eigenvalue weighted by Gasteiger charge is -2.55. The summed E-state index contributed by atoms with van der Waals surface area (Å²) in [5, 5.41) is 3.03. The first kappa shape index (κ1) is 22.7. The van der Waals surface area contributed by atoms with Gasteiger partial charge in [0.1, 0.15) is 0 Å². The summed E-state index contributed by atoms with van der Waals surface area (Å²) in [6.45, 7) is 3.13. The van der Waals surface area contributed by atoms with Gasteiger partial charge in [-0.2, -0.15) is 12.6 Å². The molecule has 0 bridgehead atoms. The van der Waals surface area contributed by atoms with Gasteiger partial charge in [-0.3, -0.25) is 4.79 Å². The molecule has 0 spiro atoms. The summed E-state index contributed by atoms with van der Waals surface area (Å²) in [7, 11) is 1.49. The van der Waals surface area contributed by atoms with Crippen LogP contribution < -0.4 is 5.32 Å². The summed E-state index contributed by atoms with van der Waals surface area (Å²) in [5.41, 5.74) is 0. The molecule has 0 aromatic heterocycles. The van der Waals surface area contributed by atoms with Gasteiger partial charge in [-0.05, 0) is 92.8 Å². The summed E-state index contributed by atoms with van der Waals surface area (Å²) in [4.78, 5) is 12.2. The second kappa shape index (κ2) is 9.98. The Balaban J connectivity index is 1.35. The quantitative estimate of drug-likeness (QED) is 0.235. The molecule has 0 aliphatic heterocycles. The van der Waals surface area contributed by atoms with Crippen molar-refractivity contribution >= 4 is 41.0 Å². The molecule has 0 heterocycles. The van der Waals surface area contributed by atoms with E-state index in [1.807, 2.05) is 0 Å². The van der Waals surface area contributed by atoms with Crippen LogP contribution in [0, 0.1) is 41.4 Å². The van der Waals surface area contributed by atoms with Crippen molar-refractivity contribution in [2.45, 2.75) is 88.7 Å². The van der Waals surface area contributed by atoms with Gasteiger partial charge in [-0.15, -0.1) is 11.7 Å². The maximum atomic E-state index is 12.2. The van der Waals surface area contributed by atoms with E-state index in [2.05, 4.69) is 23.9 Å². The van der Waals surface area contributed by atoms with Gasteiger partial charge in [-0.25, -0.2) is 0 Å². The van der Waals surface area contributed by atoms with E-state index in [0.717, 1.165) is 48.3 Å². The largest absolute Gasteiger partial charge is 0.355 e. The molecule has 166 valence electrons. The third kappa shape index (κ3) is 4.67. The van der Waals surface area contributed by atoms with Crippen LogP contribution in [-0.2, 0) is 4.79 Å². The summed E-state index contributed by atoms with van der Waals surface area (Å²) < 4.78 is 0.237. The molecule has 4 fully saturated rings. The van der Waals surface area contributed by atoms with Crippen molar-refractivity contribution in [1.82, 2.24) is 5.32 Å². The van der Waals surface area contributed by atoms with Gasteiger partial charge < -0.3 is 5.32 Å². The van der Waals surface area contributed by atoms with Crippen LogP contribution in [0.3, 0.4) is 0 Å². The molecule has 8 atom stereocenters. The fraction of sp³-hybridized carbons (Fsp3) is 0.958. The van der Waals surface area contributed by atoms with Crippen LogP contribution >= 0.6 is 35.1 Å². The van der Waals surface area contributed by atoms with E-state index in [4.69, 9.17) is 12.6 Å². The first-order chi connectivity index (χ1) is 14.0. The lowest BCUT2D eigenvalue weighted by atomic mass is 9.53. The van der Waals surface area contributed by atoms with Crippen LogP contribution in [0.2, 0.25) is 0 Å². The zero-order valence-electron chi connectivity index (χ0n) is 18.2. The standard InChI is InChI=1S/C24H41NOS3/c1-16(6-11-23(26)25-14-15-29-28)21-9-10-22-20-8-7-17-4-2-3-5-18(17)19(20)12-13-24(21,22)27/h16-22,27-28H,2-15H2,1H3,(H,25,26). The van der Waals surface area contributed by atoms with E-state index < -0.39 is 0 Å². The van der Waals surface area contributed by atoms with Gasteiger partial charge in [0.25, 0.3) is 0 Å². The molecule has 2 nitrogen and oxygen atoms in total. The van der Waals surface area contributed by atoms with Crippen molar-refractivity contribution in [1.29, 1.82) is 0 Å². The first-order valence-electron chi connectivity index (χ1n) is 12.3. The van der Waals surface area contributed by atoms with Crippen LogP contribution in [-0.4, -0.2) is 23.0 Å². The SMILES string of the molecule is CC(CCC(=O)NCCSS)C1CCC2C3CCC4CCCCC4C3CCC12S. The van der Waals surface area contributed by atoms with Crippen molar-refractivity contribution in [2.24, 2.45) is 41.4 Å². The third-order valence-corrected chi connectivity index (χ3v) is 11.3. The molecule has 8 unspecified atom stereocenters. The van der Waals surface area contributed by atoms with Crippen LogP contribution in [0.25, 0.3) is 0 Å². The molecule has 29 heavy (non-hydrogen) atoms. The Bertz CT molecular complexity index is 572. The van der Waals surface area contributed by atoms with Crippen molar-refractivity contribution in [3.8, 4) is 0 Å². The number of carbonyl (C=O) groups is 1. The van der Waals surface area contributed by atoms with E-state index in [-0.39, 0.29) is 10.7 Å². The zero-order valence-corrected chi connectivity index (χ0v) is 20.8. The van der Waals surface area contributed by atoms with Gasteiger partial charge in [0, 0.05) is 23.5 Å². The topological polar surface area (TPSA) is 29.1 Å².